The quantitative estimate of drug-likeness (QED) is 0.280. The number of rotatable bonds is 7. The molecule has 0 bridgehead atoms. The Kier molecular flexibility index (Phi) is 6.15. The standard InChI is InChI=1S/C27H23ClN4O/c1-33-27-22(15-20-9-3-5-12-25(20)31-27)17-32(18-23-10-6-7-13-29-23)16-21-14-19-8-2-4-11-24(19)30-26(21)28/h2-15H,16-18H2,1H3. The first-order valence-electron chi connectivity index (χ1n) is 10.8. The van der Waals surface area contributed by atoms with Crippen LogP contribution in [0.1, 0.15) is 16.8 Å². The Bertz CT molecular complexity index is 1410. The van der Waals surface area contributed by atoms with E-state index in [9.17, 15) is 0 Å². The second-order valence-electron chi connectivity index (χ2n) is 7.95. The smallest absolute Gasteiger partial charge is 0.218 e. The summed E-state index contributed by atoms with van der Waals surface area (Å²) in [4.78, 5) is 16.1. The van der Waals surface area contributed by atoms with Gasteiger partial charge in [-0.2, -0.15) is 0 Å². The number of ether oxygens (including phenoxy) is 1. The third-order valence-electron chi connectivity index (χ3n) is 5.61. The largest absolute Gasteiger partial charge is 0.481 e. The third-order valence-corrected chi connectivity index (χ3v) is 5.93. The maximum Gasteiger partial charge on any atom is 0.218 e. The van der Waals surface area contributed by atoms with Gasteiger partial charge in [-0.3, -0.25) is 9.88 Å². The van der Waals surface area contributed by atoms with Gasteiger partial charge in [0.25, 0.3) is 0 Å². The van der Waals surface area contributed by atoms with Gasteiger partial charge < -0.3 is 4.74 Å². The molecule has 0 N–H and O–H groups in total. The summed E-state index contributed by atoms with van der Waals surface area (Å²) in [6.45, 7) is 1.89. The lowest BCUT2D eigenvalue weighted by Gasteiger charge is -2.24. The van der Waals surface area contributed by atoms with Gasteiger partial charge in [0.1, 0.15) is 5.15 Å². The summed E-state index contributed by atoms with van der Waals surface area (Å²) in [5, 5.41) is 2.67. The molecule has 0 saturated carbocycles. The van der Waals surface area contributed by atoms with Crippen LogP contribution in [0.5, 0.6) is 5.88 Å². The highest BCUT2D eigenvalue weighted by molar-refractivity contribution is 6.30. The van der Waals surface area contributed by atoms with Crippen LogP contribution in [0.4, 0.5) is 0 Å². The summed E-state index contributed by atoms with van der Waals surface area (Å²) in [7, 11) is 1.66. The minimum absolute atomic E-state index is 0.517. The summed E-state index contributed by atoms with van der Waals surface area (Å²) in [5.41, 5.74) is 4.77. The second-order valence-corrected chi connectivity index (χ2v) is 8.30. The Morgan fingerprint density at radius 3 is 2.09 bits per heavy atom. The van der Waals surface area contributed by atoms with Crippen LogP contribution in [0.3, 0.4) is 0 Å². The molecule has 0 fully saturated rings. The van der Waals surface area contributed by atoms with Gasteiger partial charge in [-0.15, -0.1) is 0 Å². The van der Waals surface area contributed by atoms with E-state index in [1.165, 1.54) is 0 Å². The Morgan fingerprint density at radius 1 is 0.758 bits per heavy atom. The van der Waals surface area contributed by atoms with Gasteiger partial charge in [0.05, 0.1) is 23.8 Å². The molecule has 5 rings (SSSR count). The Balaban J connectivity index is 1.51. The molecule has 0 saturated heterocycles. The van der Waals surface area contributed by atoms with Crippen LogP contribution in [-0.4, -0.2) is 27.0 Å². The van der Waals surface area contributed by atoms with Crippen LogP contribution in [0, 0.1) is 0 Å². The highest BCUT2D eigenvalue weighted by Gasteiger charge is 2.16. The van der Waals surface area contributed by atoms with E-state index >= 15 is 0 Å². The van der Waals surface area contributed by atoms with Gasteiger partial charge in [-0.1, -0.05) is 54.1 Å². The minimum Gasteiger partial charge on any atom is -0.481 e. The van der Waals surface area contributed by atoms with Crippen LogP contribution >= 0.6 is 11.6 Å². The van der Waals surface area contributed by atoms with Gasteiger partial charge in [-0.25, -0.2) is 9.97 Å². The molecule has 164 valence electrons. The summed E-state index contributed by atoms with van der Waals surface area (Å²) in [6, 6.07) is 26.3. The normalized spacial score (nSPS) is 11.4. The average molecular weight is 455 g/mol. The minimum atomic E-state index is 0.517. The molecule has 0 aliphatic heterocycles. The molecule has 6 heteroatoms. The number of fused-ring (bicyclic) bond motifs is 2. The van der Waals surface area contributed by atoms with Crippen molar-refractivity contribution < 1.29 is 4.74 Å². The molecule has 3 heterocycles. The van der Waals surface area contributed by atoms with Gasteiger partial charge in [0.2, 0.25) is 5.88 Å². The van der Waals surface area contributed by atoms with E-state index in [-0.39, 0.29) is 0 Å². The molecule has 33 heavy (non-hydrogen) atoms. The average Bonchev–Trinajstić information content (AvgIpc) is 2.84. The van der Waals surface area contributed by atoms with Crippen LogP contribution in [0.2, 0.25) is 5.15 Å². The van der Waals surface area contributed by atoms with Gasteiger partial charge >= 0.3 is 0 Å². The molecular weight excluding hydrogens is 432 g/mol. The number of pyridine rings is 3. The first-order valence-corrected chi connectivity index (χ1v) is 11.2. The Morgan fingerprint density at radius 2 is 1.39 bits per heavy atom. The zero-order valence-electron chi connectivity index (χ0n) is 18.3. The van der Waals surface area contributed by atoms with Gasteiger partial charge in [0.15, 0.2) is 0 Å². The van der Waals surface area contributed by atoms with E-state index in [0.29, 0.717) is 30.7 Å². The number of methoxy groups -OCH3 is 1. The van der Waals surface area contributed by atoms with Crippen molar-refractivity contribution in [3.63, 3.8) is 0 Å². The van der Waals surface area contributed by atoms with Crippen molar-refractivity contribution in [2.75, 3.05) is 7.11 Å². The number of benzene rings is 2. The van der Waals surface area contributed by atoms with Crippen LogP contribution in [0.15, 0.2) is 85.1 Å². The lowest BCUT2D eigenvalue weighted by atomic mass is 10.1. The van der Waals surface area contributed by atoms with Crippen molar-refractivity contribution in [3.05, 3.63) is 107 Å². The number of nitrogens with zero attached hydrogens (tertiary/aromatic N) is 4. The Hall–Kier alpha value is -3.54. The molecule has 5 aromatic rings. The van der Waals surface area contributed by atoms with Gasteiger partial charge in [-0.05, 0) is 36.4 Å². The number of aromatic nitrogens is 3. The van der Waals surface area contributed by atoms with Crippen molar-refractivity contribution in [2.24, 2.45) is 0 Å². The summed E-state index contributed by atoms with van der Waals surface area (Å²) in [5.74, 6) is 0.627. The maximum atomic E-state index is 6.60. The van der Waals surface area contributed by atoms with Crippen molar-refractivity contribution in [1.82, 2.24) is 19.9 Å². The maximum absolute atomic E-state index is 6.60. The lowest BCUT2D eigenvalue weighted by Crippen LogP contribution is -2.23. The number of para-hydroxylation sites is 2. The molecule has 3 aromatic heterocycles. The number of halogens is 1. The molecule has 0 unspecified atom stereocenters. The lowest BCUT2D eigenvalue weighted by molar-refractivity contribution is 0.240. The number of hydrogen-bond acceptors (Lipinski definition) is 5. The van der Waals surface area contributed by atoms with E-state index in [1.807, 2.05) is 60.8 Å². The van der Waals surface area contributed by atoms with Crippen LogP contribution in [-0.2, 0) is 19.6 Å². The molecule has 0 radical (unpaired) electrons. The van der Waals surface area contributed by atoms with E-state index in [0.717, 1.165) is 38.6 Å². The van der Waals surface area contributed by atoms with Crippen molar-refractivity contribution in [3.8, 4) is 5.88 Å². The van der Waals surface area contributed by atoms with E-state index < -0.39 is 0 Å². The fourth-order valence-electron chi connectivity index (χ4n) is 4.05. The molecule has 2 aromatic carbocycles. The zero-order chi connectivity index (χ0) is 22.6. The summed E-state index contributed by atoms with van der Waals surface area (Å²) >= 11 is 6.60. The fourth-order valence-corrected chi connectivity index (χ4v) is 4.25. The summed E-state index contributed by atoms with van der Waals surface area (Å²) < 4.78 is 5.64. The SMILES string of the molecule is COc1nc2ccccc2cc1CN(Cc1ccccn1)Cc1cc2ccccc2nc1Cl. The fraction of sp³-hybridized carbons (Fsp3) is 0.148. The monoisotopic (exact) mass is 454 g/mol. The van der Waals surface area contributed by atoms with Gasteiger partial charge in [0, 0.05) is 47.7 Å². The predicted molar refractivity (Wildman–Crippen MR) is 132 cm³/mol. The van der Waals surface area contributed by atoms with E-state index in [2.05, 4.69) is 39.1 Å². The first-order chi connectivity index (χ1) is 16.2. The number of hydrogen-bond donors (Lipinski definition) is 0. The molecule has 0 aliphatic rings. The zero-order valence-corrected chi connectivity index (χ0v) is 19.0. The van der Waals surface area contributed by atoms with E-state index in [4.69, 9.17) is 21.3 Å². The second kappa shape index (κ2) is 9.53. The van der Waals surface area contributed by atoms with Crippen molar-refractivity contribution in [1.29, 1.82) is 0 Å². The topological polar surface area (TPSA) is 51.1 Å². The van der Waals surface area contributed by atoms with Crippen LogP contribution in [0.25, 0.3) is 21.8 Å². The van der Waals surface area contributed by atoms with Crippen LogP contribution < -0.4 is 4.74 Å². The third kappa shape index (κ3) is 4.80. The first kappa shape index (κ1) is 21.3. The van der Waals surface area contributed by atoms with Crippen molar-refractivity contribution in [2.45, 2.75) is 19.6 Å². The predicted octanol–water partition coefficient (Wildman–Crippen LogP) is 6.04. The molecular formula is C27H23ClN4O. The van der Waals surface area contributed by atoms with E-state index in [1.54, 1.807) is 7.11 Å². The highest BCUT2D eigenvalue weighted by Crippen LogP contribution is 2.27. The molecule has 0 atom stereocenters. The van der Waals surface area contributed by atoms with Crippen molar-refractivity contribution >= 4 is 33.4 Å². The Labute approximate surface area is 197 Å². The molecule has 0 spiro atoms. The molecule has 0 amide bonds. The highest BCUT2D eigenvalue weighted by atomic mass is 35.5. The molecule has 0 aliphatic carbocycles. The summed E-state index contributed by atoms with van der Waals surface area (Å²) in [6.07, 6.45) is 1.82. The molecule has 5 nitrogen and oxygen atoms in total.